The average Bonchev–Trinajstić information content (AvgIpc) is 2.31. The first kappa shape index (κ1) is 8.00. The van der Waals surface area contributed by atoms with Gasteiger partial charge in [-0.1, -0.05) is 0 Å². The summed E-state index contributed by atoms with van der Waals surface area (Å²) in [4.78, 5) is 20.8. The van der Waals surface area contributed by atoms with Crippen LogP contribution >= 0.6 is 0 Å². The maximum Gasteiger partial charge on any atom is 0.323 e. The minimum atomic E-state index is -0.968. The highest BCUT2D eigenvalue weighted by molar-refractivity contribution is 5.78. The van der Waals surface area contributed by atoms with Crippen molar-refractivity contribution in [3.8, 4) is 0 Å². The van der Waals surface area contributed by atoms with Gasteiger partial charge in [-0.05, 0) is 0 Å². The Morgan fingerprint density at radius 2 is 2.55 bits per heavy atom. The smallest absolute Gasteiger partial charge is 0.323 e. The highest BCUT2D eigenvalue weighted by Crippen LogP contribution is 2.04. The number of carbonyl (C=O) groups excluding carboxylic acids is 1. The lowest BCUT2D eigenvalue weighted by Gasteiger charge is -2.03. The predicted molar refractivity (Wildman–Crippen MR) is 35.0 cm³/mol. The molecule has 0 amide bonds. The molecular weight excluding hydrogens is 150 g/mol. The lowest BCUT2D eigenvalue weighted by Crippen LogP contribution is -2.36. The Bertz CT molecular complexity index is 179. The predicted octanol–water partition coefficient (Wildman–Crippen LogP) is -1.02. The number of aliphatic carboxylic acids is 1. The number of rotatable bonds is 3. The van der Waals surface area contributed by atoms with Gasteiger partial charge in [0.05, 0.1) is 13.2 Å². The zero-order valence-electron chi connectivity index (χ0n) is 5.87. The van der Waals surface area contributed by atoms with E-state index in [1.165, 1.54) is 0 Å². The van der Waals surface area contributed by atoms with Crippen molar-refractivity contribution in [1.82, 2.24) is 5.32 Å². The lowest BCUT2D eigenvalue weighted by atomic mass is 10.2. The maximum absolute atomic E-state index is 10.7. The monoisotopic (exact) mass is 159 g/mol. The molecule has 1 aliphatic rings. The van der Waals surface area contributed by atoms with Gasteiger partial charge >= 0.3 is 11.9 Å². The summed E-state index contributed by atoms with van der Waals surface area (Å²) in [6.07, 6.45) is 0.562. The van der Waals surface area contributed by atoms with Crippen LogP contribution in [-0.4, -0.2) is 36.2 Å². The van der Waals surface area contributed by atoms with E-state index < -0.39 is 12.0 Å². The van der Waals surface area contributed by atoms with Crippen LogP contribution in [0.15, 0.2) is 0 Å². The number of hydrogen-bond donors (Lipinski definition) is 2. The van der Waals surface area contributed by atoms with Crippen molar-refractivity contribution >= 4 is 11.9 Å². The van der Waals surface area contributed by atoms with Gasteiger partial charge in [-0.25, -0.2) is 0 Å². The molecule has 1 heterocycles. The van der Waals surface area contributed by atoms with Crippen LogP contribution in [0.1, 0.15) is 6.42 Å². The molecule has 1 aliphatic heterocycles. The molecule has 0 unspecified atom stereocenters. The number of carbonyl (C=O) groups is 2. The molecule has 0 saturated carbocycles. The molecule has 0 aromatic rings. The molecule has 5 nitrogen and oxygen atoms in total. The van der Waals surface area contributed by atoms with Gasteiger partial charge in [-0.2, -0.15) is 0 Å². The average molecular weight is 159 g/mol. The van der Waals surface area contributed by atoms with E-state index >= 15 is 0 Å². The molecular formula is C6H9NO4. The summed E-state index contributed by atoms with van der Waals surface area (Å²) >= 11 is 0. The molecule has 0 aliphatic carbocycles. The van der Waals surface area contributed by atoms with E-state index in [-0.39, 0.29) is 12.5 Å². The number of cyclic esters (lactones) is 1. The van der Waals surface area contributed by atoms with Crippen LogP contribution in [0.3, 0.4) is 0 Å². The first-order valence-electron chi connectivity index (χ1n) is 3.32. The highest BCUT2D eigenvalue weighted by atomic mass is 16.5. The summed E-state index contributed by atoms with van der Waals surface area (Å²) < 4.78 is 4.60. The van der Waals surface area contributed by atoms with E-state index in [9.17, 15) is 9.59 Å². The summed E-state index contributed by atoms with van der Waals surface area (Å²) in [5.41, 5.74) is 0. The first-order chi connectivity index (χ1) is 5.20. The van der Waals surface area contributed by atoms with Crippen molar-refractivity contribution in [1.29, 1.82) is 0 Å². The van der Waals surface area contributed by atoms with Crippen LogP contribution in [0.25, 0.3) is 0 Å². The molecule has 2 N–H and O–H groups in total. The molecule has 62 valence electrons. The Balaban J connectivity index is 2.26. The number of hydrogen-bond acceptors (Lipinski definition) is 4. The minimum Gasteiger partial charge on any atom is -0.480 e. The number of nitrogens with one attached hydrogen (secondary N) is 1. The zero-order valence-corrected chi connectivity index (χ0v) is 5.87. The largest absolute Gasteiger partial charge is 0.480 e. The van der Waals surface area contributed by atoms with Crippen LogP contribution < -0.4 is 5.32 Å². The second-order valence-corrected chi connectivity index (χ2v) is 2.28. The van der Waals surface area contributed by atoms with Gasteiger partial charge in [0.2, 0.25) is 0 Å². The fourth-order valence-corrected chi connectivity index (χ4v) is 0.892. The molecule has 0 radical (unpaired) electrons. The summed E-state index contributed by atoms with van der Waals surface area (Å²) in [6, 6.07) is -0.425. The number of carboxylic acid groups (broad SMARTS) is 1. The number of ether oxygens (including phenoxy) is 1. The van der Waals surface area contributed by atoms with Gasteiger partial charge in [0.15, 0.2) is 0 Å². The third-order valence-corrected chi connectivity index (χ3v) is 1.44. The zero-order chi connectivity index (χ0) is 8.27. The van der Waals surface area contributed by atoms with Crippen molar-refractivity contribution in [3.63, 3.8) is 0 Å². The van der Waals surface area contributed by atoms with Gasteiger partial charge in [0, 0.05) is 6.42 Å². The van der Waals surface area contributed by atoms with Crippen molar-refractivity contribution in [3.05, 3.63) is 0 Å². The van der Waals surface area contributed by atoms with Gasteiger partial charge in [0.1, 0.15) is 6.04 Å². The summed E-state index contributed by atoms with van der Waals surface area (Å²) in [6.45, 7) is 0.190. The van der Waals surface area contributed by atoms with E-state index in [0.717, 1.165) is 0 Å². The Morgan fingerprint density at radius 3 is 3.00 bits per heavy atom. The van der Waals surface area contributed by atoms with Crippen molar-refractivity contribution in [2.75, 3.05) is 13.2 Å². The molecule has 0 spiro atoms. The molecule has 0 aromatic heterocycles. The van der Waals surface area contributed by atoms with E-state index in [2.05, 4.69) is 10.1 Å². The number of esters is 1. The summed E-state index contributed by atoms with van der Waals surface area (Å²) in [5.74, 6) is -1.32. The van der Waals surface area contributed by atoms with Crippen molar-refractivity contribution < 1.29 is 19.4 Å². The van der Waals surface area contributed by atoms with Crippen molar-refractivity contribution in [2.45, 2.75) is 12.5 Å². The molecule has 5 heteroatoms. The molecule has 11 heavy (non-hydrogen) atoms. The van der Waals surface area contributed by atoms with Crippen molar-refractivity contribution in [2.24, 2.45) is 0 Å². The van der Waals surface area contributed by atoms with Gasteiger partial charge < -0.3 is 9.84 Å². The van der Waals surface area contributed by atoms with Crippen LogP contribution in [0.2, 0.25) is 0 Å². The molecule has 1 saturated heterocycles. The maximum atomic E-state index is 10.7. The Hall–Kier alpha value is -1.10. The molecule has 1 atom stereocenters. The van der Waals surface area contributed by atoms with E-state index in [1.54, 1.807) is 0 Å². The third kappa shape index (κ3) is 2.19. The molecule has 0 bridgehead atoms. The second kappa shape index (κ2) is 3.34. The Kier molecular flexibility index (Phi) is 2.43. The molecule has 0 aromatic carbocycles. The standard InChI is InChI=1S/C6H9NO4/c8-5(9)3-7-4-1-2-11-6(4)10/h4,7H,1-3H2,(H,8,9)/t4-/m1/s1. The molecule has 1 fully saturated rings. The van der Waals surface area contributed by atoms with Crippen LogP contribution in [0.4, 0.5) is 0 Å². The first-order valence-corrected chi connectivity index (χ1v) is 3.32. The van der Waals surface area contributed by atoms with Gasteiger partial charge in [-0.15, -0.1) is 0 Å². The normalized spacial score (nSPS) is 23.3. The topological polar surface area (TPSA) is 75.6 Å². The molecule has 1 rings (SSSR count). The quantitative estimate of drug-likeness (QED) is 0.515. The highest BCUT2D eigenvalue weighted by Gasteiger charge is 2.25. The van der Waals surface area contributed by atoms with E-state index in [4.69, 9.17) is 5.11 Å². The van der Waals surface area contributed by atoms with Crippen LogP contribution in [-0.2, 0) is 14.3 Å². The Morgan fingerprint density at radius 1 is 1.82 bits per heavy atom. The SMILES string of the molecule is O=C(O)CN[C@@H]1CCOC1=O. The van der Waals surface area contributed by atoms with E-state index in [1.807, 2.05) is 0 Å². The fourth-order valence-electron chi connectivity index (χ4n) is 0.892. The van der Waals surface area contributed by atoms with Crippen LogP contribution in [0.5, 0.6) is 0 Å². The van der Waals surface area contributed by atoms with Gasteiger partial charge in [0.25, 0.3) is 0 Å². The van der Waals surface area contributed by atoms with Crippen LogP contribution in [0, 0.1) is 0 Å². The number of carboxylic acids is 1. The fraction of sp³-hybridized carbons (Fsp3) is 0.667. The summed E-state index contributed by atoms with van der Waals surface area (Å²) in [7, 11) is 0. The Labute approximate surface area is 63.3 Å². The summed E-state index contributed by atoms with van der Waals surface area (Å²) in [5, 5.41) is 10.8. The minimum absolute atomic E-state index is 0.195. The lowest BCUT2D eigenvalue weighted by molar-refractivity contribution is -0.140. The third-order valence-electron chi connectivity index (χ3n) is 1.44. The second-order valence-electron chi connectivity index (χ2n) is 2.28. The van der Waals surface area contributed by atoms with Gasteiger partial charge in [-0.3, -0.25) is 14.9 Å². The van der Waals surface area contributed by atoms with E-state index in [0.29, 0.717) is 13.0 Å².